The number of ether oxygens (including phenoxy) is 7. The number of methoxy groups -OCH3 is 4. The van der Waals surface area contributed by atoms with Crippen LogP contribution in [0, 0.1) is 5.92 Å². The van der Waals surface area contributed by atoms with Crippen LogP contribution in [0.4, 0.5) is 0 Å². The molecule has 0 spiro atoms. The molecule has 164 valence electrons. The third-order valence-electron chi connectivity index (χ3n) is 5.61. The van der Waals surface area contributed by atoms with Crippen LogP contribution in [0.15, 0.2) is 30.4 Å². The van der Waals surface area contributed by atoms with Crippen LogP contribution in [0.25, 0.3) is 11.1 Å². The minimum Gasteiger partial charge on any atom is -0.493 e. The van der Waals surface area contributed by atoms with Crippen LogP contribution in [0.3, 0.4) is 0 Å². The van der Waals surface area contributed by atoms with E-state index in [1.807, 2.05) is 13.0 Å². The van der Waals surface area contributed by atoms with Gasteiger partial charge in [-0.2, -0.15) is 0 Å². The zero-order valence-corrected chi connectivity index (χ0v) is 18.1. The number of cyclic esters (lactones) is 1. The molecule has 2 heterocycles. The Bertz CT molecular complexity index is 1030. The molecule has 2 unspecified atom stereocenters. The number of hydrogen-bond acceptors (Lipinski definition) is 8. The fourth-order valence-corrected chi connectivity index (χ4v) is 3.97. The minimum absolute atomic E-state index is 0.0660. The number of esters is 1. The van der Waals surface area contributed by atoms with Gasteiger partial charge in [-0.25, -0.2) is 4.79 Å². The number of benzene rings is 2. The lowest BCUT2D eigenvalue weighted by Gasteiger charge is -2.23. The molecule has 0 amide bonds. The van der Waals surface area contributed by atoms with Crippen molar-refractivity contribution in [1.82, 2.24) is 0 Å². The van der Waals surface area contributed by atoms with Crippen molar-refractivity contribution in [2.45, 2.75) is 13.0 Å². The first kappa shape index (κ1) is 20.7. The predicted octanol–water partition coefficient (Wildman–Crippen LogP) is 3.91. The van der Waals surface area contributed by atoms with Crippen LogP contribution in [0.1, 0.15) is 18.6 Å². The van der Waals surface area contributed by atoms with Crippen LogP contribution in [0.5, 0.6) is 34.5 Å². The van der Waals surface area contributed by atoms with E-state index in [2.05, 4.69) is 6.58 Å². The summed E-state index contributed by atoms with van der Waals surface area (Å²) in [4.78, 5) is 12.2. The molecule has 2 aliphatic rings. The van der Waals surface area contributed by atoms with E-state index < -0.39 is 12.1 Å². The molecular weight excluding hydrogens is 404 g/mol. The second-order valence-corrected chi connectivity index (χ2v) is 7.16. The van der Waals surface area contributed by atoms with Crippen LogP contribution < -0.4 is 28.4 Å². The van der Waals surface area contributed by atoms with Gasteiger partial charge in [-0.1, -0.05) is 13.5 Å². The summed E-state index contributed by atoms with van der Waals surface area (Å²) in [5.41, 5.74) is 2.50. The summed E-state index contributed by atoms with van der Waals surface area (Å²) in [5.74, 6) is 2.20. The van der Waals surface area contributed by atoms with Gasteiger partial charge in [0.15, 0.2) is 23.0 Å². The molecular formula is C23H24O8. The SMILES string of the molecule is C=C1C(=O)OC(c2cc3c(c(OC)c2-c2cc(OC)c(OC)c(OC)c2)OCO3)C1C. The van der Waals surface area contributed by atoms with Crippen LogP contribution in [-0.4, -0.2) is 41.2 Å². The first-order valence-corrected chi connectivity index (χ1v) is 9.65. The van der Waals surface area contributed by atoms with E-state index >= 15 is 0 Å². The first-order chi connectivity index (χ1) is 14.9. The summed E-state index contributed by atoms with van der Waals surface area (Å²) < 4.78 is 39.2. The van der Waals surface area contributed by atoms with Gasteiger partial charge in [-0.3, -0.25) is 0 Å². The molecule has 0 saturated carbocycles. The van der Waals surface area contributed by atoms with Crippen molar-refractivity contribution in [3.63, 3.8) is 0 Å². The third-order valence-corrected chi connectivity index (χ3v) is 5.61. The summed E-state index contributed by atoms with van der Waals surface area (Å²) in [5, 5.41) is 0. The number of carbonyl (C=O) groups excluding carboxylic acids is 1. The Balaban J connectivity index is 2.02. The Labute approximate surface area is 180 Å². The van der Waals surface area contributed by atoms with Gasteiger partial charge in [-0.15, -0.1) is 0 Å². The zero-order valence-electron chi connectivity index (χ0n) is 18.1. The first-order valence-electron chi connectivity index (χ1n) is 9.65. The minimum atomic E-state index is -0.572. The highest BCUT2D eigenvalue weighted by atomic mass is 16.7. The lowest BCUT2D eigenvalue weighted by Crippen LogP contribution is -2.08. The lowest BCUT2D eigenvalue weighted by molar-refractivity contribution is -0.139. The smallest absolute Gasteiger partial charge is 0.334 e. The van der Waals surface area contributed by atoms with E-state index in [9.17, 15) is 4.79 Å². The van der Waals surface area contributed by atoms with E-state index in [1.165, 1.54) is 7.11 Å². The Morgan fingerprint density at radius 3 is 2.10 bits per heavy atom. The molecule has 0 bridgehead atoms. The maximum absolute atomic E-state index is 12.2. The molecule has 2 aromatic rings. The largest absolute Gasteiger partial charge is 0.493 e. The molecule has 31 heavy (non-hydrogen) atoms. The second kappa shape index (κ2) is 7.94. The van der Waals surface area contributed by atoms with Crippen molar-refractivity contribution < 1.29 is 38.0 Å². The van der Waals surface area contributed by atoms with Gasteiger partial charge in [0.05, 0.1) is 28.4 Å². The molecule has 1 saturated heterocycles. The van der Waals surface area contributed by atoms with Crippen molar-refractivity contribution in [2.75, 3.05) is 35.2 Å². The molecule has 0 aromatic heterocycles. The van der Waals surface area contributed by atoms with Gasteiger partial charge in [0.2, 0.25) is 18.3 Å². The Hall–Kier alpha value is -3.55. The number of rotatable bonds is 6. The normalized spacial score (nSPS) is 19.3. The van der Waals surface area contributed by atoms with Crippen LogP contribution >= 0.6 is 0 Å². The summed E-state index contributed by atoms with van der Waals surface area (Å²) in [6.45, 7) is 5.83. The average molecular weight is 428 g/mol. The summed E-state index contributed by atoms with van der Waals surface area (Å²) in [6.07, 6.45) is -0.572. The highest BCUT2D eigenvalue weighted by molar-refractivity contribution is 5.92. The van der Waals surface area contributed by atoms with Crippen molar-refractivity contribution in [2.24, 2.45) is 5.92 Å². The monoisotopic (exact) mass is 428 g/mol. The Morgan fingerprint density at radius 1 is 0.935 bits per heavy atom. The van der Waals surface area contributed by atoms with Crippen LogP contribution in [0.2, 0.25) is 0 Å². The molecule has 0 radical (unpaired) electrons. The van der Waals surface area contributed by atoms with E-state index in [4.69, 9.17) is 33.2 Å². The van der Waals surface area contributed by atoms with Gasteiger partial charge in [0, 0.05) is 22.6 Å². The van der Waals surface area contributed by atoms with Gasteiger partial charge >= 0.3 is 5.97 Å². The molecule has 2 aromatic carbocycles. The lowest BCUT2D eigenvalue weighted by atomic mass is 9.87. The molecule has 0 aliphatic carbocycles. The Morgan fingerprint density at radius 2 is 1.58 bits per heavy atom. The van der Waals surface area contributed by atoms with Crippen molar-refractivity contribution in [3.8, 4) is 45.6 Å². The maximum Gasteiger partial charge on any atom is 0.334 e. The topological polar surface area (TPSA) is 81.7 Å². The molecule has 2 atom stereocenters. The number of hydrogen-bond donors (Lipinski definition) is 0. The predicted molar refractivity (Wildman–Crippen MR) is 111 cm³/mol. The standard InChI is InChI=1S/C23H24O8/c1-11-12(2)23(24)31-19(11)14-9-17-21(30-10-29-17)22(28-6)18(14)13-7-15(25-3)20(27-5)16(8-13)26-4/h7-9,11,19H,2,10H2,1,3-6H3. The highest BCUT2D eigenvalue weighted by Crippen LogP contribution is 2.55. The summed E-state index contributed by atoms with van der Waals surface area (Å²) in [6, 6.07) is 5.43. The van der Waals surface area contributed by atoms with E-state index in [-0.39, 0.29) is 12.7 Å². The van der Waals surface area contributed by atoms with Gasteiger partial charge in [0.1, 0.15) is 6.10 Å². The van der Waals surface area contributed by atoms with Crippen molar-refractivity contribution in [3.05, 3.63) is 35.9 Å². The van der Waals surface area contributed by atoms with E-state index in [0.29, 0.717) is 56.8 Å². The summed E-state index contributed by atoms with van der Waals surface area (Å²) in [7, 11) is 6.18. The van der Waals surface area contributed by atoms with Crippen molar-refractivity contribution in [1.29, 1.82) is 0 Å². The van der Waals surface area contributed by atoms with Gasteiger partial charge in [-0.05, 0) is 23.8 Å². The third kappa shape index (κ3) is 3.19. The second-order valence-electron chi connectivity index (χ2n) is 7.16. The molecule has 2 aliphatic heterocycles. The Kier molecular flexibility index (Phi) is 5.31. The fourth-order valence-electron chi connectivity index (χ4n) is 3.97. The summed E-state index contributed by atoms with van der Waals surface area (Å²) >= 11 is 0. The zero-order chi connectivity index (χ0) is 22.3. The molecule has 0 N–H and O–H groups in total. The molecule has 4 rings (SSSR count). The highest BCUT2D eigenvalue weighted by Gasteiger charge is 2.40. The quantitative estimate of drug-likeness (QED) is 0.506. The molecule has 8 heteroatoms. The average Bonchev–Trinajstić information content (AvgIpc) is 3.36. The van der Waals surface area contributed by atoms with Crippen molar-refractivity contribution >= 4 is 5.97 Å². The van der Waals surface area contributed by atoms with E-state index in [1.54, 1.807) is 33.5 Å². The fraction of sp³-hybridized carbons (Fsp3) is 0.348. The van der Waals surface area contributed by atoms with Gasteiger partial charge in [0.25, 0.3) is 0 Å². The van der Waals surface area contributed by atoms with Crippen LogP contribution in [-0.2, 0) is 9.53 Å². The van der Waals surface area contributed by atoms with Gasteiger partial charge < -0.3 is 33.2 Å². The number of fused-ring (bicyclic) bond motifs is 1. The molecule has 1 fully saturated rings. The maximum atomic E-state index is 12.2. The van der Waals surface area contributed by atoms with E-state index in [0.717, 1.165) is 0 Å². The molecule has 8 nitrogen and oxygen atoms in total. The number of carbonyl (C=O) groups is 1.